The minimum Gasteiger partial charge on any atom is -0.481 e. The Kier molecular flexibility index (Phi) is 6.21. The predicted octanol–water partition coefficient (Wildman–Crippen LogP) is 3.76. The van der Waals surface area contributed by atoms with Gasteiger partial charge in [-0.2, -0.15) is 0 Å². The fourth-order valence-corrected chi connectivity index (χ4v) is 4.23. The molecule has 6 nitrogen and oxygen atoms in total. The smallest absolute Gasteiger partial charge is 0.341 e. The standard InChI is InChI=1S/C18H25NO5S/c1-9(2)24-18(23)14-10(3)11(4)25-16(14)19-15(20)12-7-5-6-8-13(12)17(21)22/h9,12-13H,5-8H2,1-4H3,(H,19,20)(H,21,22)/t12-,13-/m1/s1. The number of hydrogen-bond acceptors (Lipinski definition) is 5. The van der Waals surface area contributed by atoms with Gasteiger partial charge in [-0.3, -0.25) is 9.59 Å². The van der Waals surface area contributed by atoms with Crippen LogP contribution in [-0.2, 0) is 14.3 Å². The third-order valence-electron chi connectivity index (χ3n) is 4.59. The molecular formula is C18H25NO5S. The first-order valence-electron chi connectivity index (χ1n) is 8.57. The van der Waals surface area contributed by atoms with Crippen molar-refractivity contribution in [1.29, 1.82) is 0 Å². The molecule has 2 atom stereocenters. The van der Waals surface area contributed by atoms with E-state index < -0.39 is 23.8 Å². The number of nitrogens with one attached hydrogen (secondary N) is 1. The van der Waals surface area contributed by atoms with Crippen LogP contribution in [0, 0.1) is 25.7 Å². The van der Waals surface area contributed by atoms with Crippen molar-refractivity contribution in [2.75, 3.05) is 5.32 Å². The Morgan fingerprint density at radius 3 is 2.32 bits per heavy atom. The highest BCUT2D eigenvalue weighted by molar-refractivity contribution is 7.16. The molecule has 0 saturated heterocycles. The number of aliphatic carboxylic acids is 1. The number of carboxylic acids is 1. The fraction of sp³-hybridized carbons (Fsp3) is 0.611. The van der Waals surface area contributed by atoms with Gasteiger partial charge in [0.25, 0.3) is 0 Å². The number of aryl methyl sites for hydroxylation is 1. The molecule has 1 saturated carbocycles. The highest BCUT2D eigenvalue weighted by Crippen LogP contribution is 2.36. The second kappa shape index (κ2) is 7.99. The highest BCUT2D eigenvalue weighted by atomic mass is 32.1. The molecule has 1 aliphatic rings. The van der Waals surface area contributed by atoms with Crippen molar-refractivity contribution in [1.82, 2.24) is 0 Å². The van der Waals surface area contributed by atoms with Crippen LogP contribution >= 0.6 is 11.3 Å². The first kappa shape index (κ1) is 19.4. The van der Waals surface area contributed by atoms with E-state index in [2.05, 4.69) is 5.32 Å². The molecule has 1 aliphatic carbocycles. The number of carboxylic acid groups (broad SMARTS) is 1. The van der Waals surface area contributed by atoms with E-state index in [0.717, 1.165) is 23.3 Å². The minimum absolute atomic E-state index is 0.259. The Bertz CT molecular complexity index is 679. The molecule has 25 heavy (non-hydrogen) atoms. The van der Waals surface area contributed by atoms with Gasteiger partial charge in [0.2, 0.25) is 5.91 Å². The number of esters is 1. The summed E-state index contributed by atoms with van der Waals surface area (Å²) in [4.78, 5) is 37.4. The maximum Gasteiger partial charge on any atom is 0.341 e. The van der Waals surface area contributed by atoms with Gasteiger partial charge in [0.15, 0.2) is 0 Å². The zero-order chi connectivity index (χ0) is 18.7. The Labute approximate surface area is 151 Å². The molecule has 0 spiro atoms. The predicted molar refractivity (Wildman–Crippen MR) is 96.1 cm³/mol. The molecule has 1 amide bonds. The first-order valence-corrected chi connectivity index (χ1v) is 9.38. The van der Waals surface area contributed by atoms with E-state index in [4.69, 9.17) is 4.74 Å². The van der Waals surface area contributed by atoms with Crippen molar-refractivity contribution in [3.63, 3.8) is 0 Å². The maximum atomic E-state index is 12.7. The zero-order valence-electron chi connectivity index (χ0n) is 15.0. The quantitative estimate of drug-likeness (QED) is 0.773. The molecule has 138 valence electrons. The lowest BCUT2D eigenvalue weighted by atomic mass is 9.79. The van der Waals surface area contributed by atoms with Crippen molar-refractivity contribution < 1.29 is 24.2 Å². The Hall–Kier alpha value is -1.89. The third kappa shape index (κ3) is 4.39. The van der Waals surface area contributed by atoms with E-state index in [-0.39, 0.29) is 12.0 Å². The average Bonchev–Trinajstić information content (AvgIpc) is 2.80. The number of hydrogen-bond donors (Lipinski definition) is 2. The second-order valence-corrected chi connectivity index (χ2v) is 7.99. The Morgan fingerprint density at radius 2 is 1.76 bits per heavy atom. The van der Waals surface area contributed by atoms with Crippen molar-refractivity contribution in [2.24, 2.45) is 11.8 Å². The SMILES string of the molecule is Cc1sc(NC(=O)[C@@H]2CCCC[C@H]2C(=O)O)c(C(=O)OC(C)C)c1C. The maximum absolute atomic E-state index is 12.7. The molecule has 1 heterocycles. The molecule has 1 aromatic heterocycles. The van der Waals surface area contributed by atoms with Gasteiger partial charge in [-0.1, -0.05) is 12.8 Å². The van der Waals surface area contributed by atoms with E-state index >= 15 is 0 Å². The summed E-state index contributed by atoms with van der Waals surface area (Å²) >= 11 is 1.32. The highest BCUT2D eigenvalue weighted by Gasteiger charge is 2.36. The molecule has 0 aliphatic heterocycles. The van der Waals surface area contributed by atoms with Crippen molar-refractivity contribution >= 4 is 34.2 Å². The summed E-state index contributed by atoms with van der Waals surface area (Å²) in [7, 11) is 0. The molecule has 0 bridgehead atoms. The monoisotopic (exact) mass is 367 g/mol. The minimum atomic E-state index is -0.933. The van der Waals surface area contributed by atoms with Crippen molar-refractivity contribution in [3.05, 3.63) is 16.0 Å². The lowest BCUT2D eigenvalue weighted by Gasteiger charge is -2.27. The van der Waals surface area contributed by atoms with E-state index in [1.807, 2.05) is 13.8 Å². The van der Waals surface area contributed by atoms with E-state index in [1.54, 1.807) is 13.8 Å². The topological polar surface area (TPSA) is 92.7 Å². The van der Waals surface area contributed by atoms with Gasteiger partial charge in [0.1, 0.15) is 5.00 Å². The van der Waals surface area contributed by atoms with E-state index in [9.17, 15) is 19.5 Å². The van der Waals surface area contributed by atoms with Crippen LogP contribution in [0.3, 0.4) is 0 Å². The van der Waals surface area contributed by atoms with Gasteiger partial charge in [0, 0.05) is 4.88 Å². The molecule has 0 aromatic carbocycles. The molecule has 7 heteroatoms. The van der Waals surface area contributed by atoms with Gasteiger partial charge < -0.3 is 15.2 Å². The van der Waals surface area contributed by atoms with Gasteiger partial charge in [-0.05, 0) is 46.1 Å². The van der Waals surface area contributed by atoms with Crippen LogP contribution in [-0.4, -0.2) is 29.1 Å². The van der Waals surface area contributed by atoms with Gasteiger partial charge in [-0.25, -0.2) is 4.79 Å². The number of carbonyl (C=O) groups excluding carboxylic acids is 2. The van der Waals surface area contributed by atoms with E-state index in [0.29, 0.717) is 23.4 Å². The molecule has 1 aromatic rings. The van der Waals surface area contributed by atoms with Crippen LogP contribution in [0.15, 0.2) is 0 Å². The molecule has 2 N–H and O–H groups in total. The zero-order valence-corrected chi connectivity index (χ0v) is 15.9. The lowest BCUT2D eigenvalue weighted by Crippen LogP contribution is -2.36. The summed E-state index contributed by atoms with van der Waals surface area (Å²) in [5.74, 6) is -2.96. The van der Waals surface area contributed by atoms with Crippen LogP contribution in [0.2, 0.25) is 0 Å². The summed E-state index contributed by atoms with van der Waals surface area (Å²) in [5.41, 5.74) is 1.15. The fourth-order valence-electron chi connectivity index (χ4n) is 3.18. The molecule has 0 unspecified atom stereocenters. The summed E-state index contributed by atoms with van der Waals surface area (Å²) in [6.07, 6.45) is 2.47. The van der Waals surface area contributed by atoms with Crippen LogP contribution in [0.1, 0.15) is 60.3 Å². The first-order chi connectivity index (χ1) is 11.7. The van der Waals surface area contributed by atoms with Crippen LogP contribution in [0.4, 0.5) is 5.00 Å². The third-order valence-corrected chi connectivity index (χ3v) is 5.71. The molecule has 0 radical (unpaired) electrons. The summed E-state index contributed by atoms with van der Waals surface area (Å²) in [6.45, 7) is 7.23. The Morgan fingerprint density at radius 1 is 1.16 bits per heavy atom. The van der Waals surface area contributed by atoms with Crippen molar-refractivity contribution in [3.8, 4) is 0 Å². The largest absolute Gasteiger partial charge is 0.481 e. The number of rotatable bonds is 5. The van der Waals surface area contributed by atoms with Gasteiger partial charge >= 0.3 is 11.9 Å². The number of carbonyl (C=O) groups is 3. The second-order valence-electron chi connectivity index (χ2n) is 6.77. The van der Waals surface area contributed by atoms with Gasteiger partial charge in [-0.15, -0.1) is 11.3 Å². The number of amides is 1. The lowest BCUT2D eigenvalue weighted by molar-refractivity contribution is -0.147. The Balaban J connectivity index is 2.24. The van der Waals surface area contributed by atoms with Crippen LogP contribution < -0.4 is 5.32 Å². The summed E-state index contributed by atoms with van der Waals surface area (Å²) < 4.78 is 5.28. The number of thiophene rings is 1. The van der Waals surface area contributed by atoms with E-state index in [1.165, 1.54) is 11.3 Å². The van der Waals surface area contributed by atoms with Crippen LogP contribution in [0.5, 0.6) is 0 Å². The summed E-state index contributed by atoms with van der Waals surface area (Å²) in [6, 6.07) is 0. The molecule has 2 rings (SSSR count). The molecule has 1 fully saturated rings. The van der Waals surface area contributed by atoms with Crippen LogP contribution in [0.25, 0.3) is 0 Å². The van der Waals surface area contributed by atoms with Gasteiger partial charge in [0.05, 0.1) is 23.5 Å². The van der Waals surface area contributed by atoms with Crippen molar-refractivity contribution in [2.45, 2.75) is 59.5 Å². The molecular weight excluding hydrogens is 342 g/mol. The summed E-state index contributed by atoms with van der Waals surface area (Å²) in [5, 5.41) is 12.6. The number of ether oxygens (including phenoxy) is 1. The average molecular weight is 367 g/mol. The normalized spacial score (nSPS) is 20.4. The number of anilines is 1.